The number of nitrogens with one attached hydrogen (secondary N) is 1. The van der Waals surface area contributed by atoms with E-state index < -0.39 is 4.92 Å². The Bertz CT molecular complexity index is 757. The molecule has 2 heterocycles. The lowest BCUT2D eigenvalue weighted by atomic mass is 9.87. The number of aromatic nitrogens is 4. The van der Waals surface area contributed by atoms with Crippen LogP contribution < -0.4 is 5.32 Å². The van der Waals surface area contributed by atoms with E-state index in [-0.39, 0.29) is 11.5 Å². The minimum absolute atomic E-state index is 0.0846. The van der Waals surface area contributed by atoms with Gasteiger partial charge in [0.05, 0.1) is 4.92 Å². The predicted octanol–water partition coefficient (Wildman–Crippen LogP) is 3.18. The first-order valence-electron chi connectivity index (χ1n) is 8.25. The van der Waals surface area contributed by atoms with E-state index in [9.17, 15) is 10.1 Å². The molecule has 0 radical (unpaired) electrons. The van der Waals surface area contributed by atoms with E-state index in [0.29, 0.717) is 29.4 Å². The van der Waals surface area contributed by atoms with E-state index in [4.69, 9.17) is 0 Å². The highest BCUT2D eigenvalue weighted by Gasteiger charge is 2.26. The molecule has 1 unspecified atom stereocenters. The lowest BCUT2D eigenvalue weighted by Crippen LogP contribution is -2.27. The Hall–Kier alpha value is -2.51. The maximum absolute atomic E-state index is 11.5. The number of imidazole rings is 1. The van der Waals surface area contributed by atoms with Crippen LogP contribution >= 0.6 is 0 Å². The Morgan fingerprint density at radius 2 is 2.12 bits per heavy atom. The van der Waals surface area contributed by atoms with Crippen LogP contribution in [0.2, 0.25) is 0 Å². The van der Waals surface area contributed by atoms with Crippen molar-refractivity contribution in [2.45, 2.75) is 52.5 Å². The summed E-state index contributed by atoms with van der Waals surface area (Å²) in [6, 6.07) is 0.311. The number of hydrogen-bond donors (Lipinski definition) is 1. The molecule has 0 amide bonds. The van der Waals surface area contributed by atoms with Crippen LogP contribution in [-0.2, 0) is 0 Å². The van der Waals surface area contributed by atoms with Crippen LogP contribution in [0.3, 0.4) is 0 Å². The van der Waals surface area contributed by atoms with Crippen LogP contribution in [0.25, 0.3) is 5.82 Å². The molecule has 0 bridgehead atoms. The summed E-state index contributed by atoms with van der Waals surface area (Å²) in [7, 11) is 0. The van der Waals surface area contributed by atoms with Crippen molar-refractivity contribution >= 4 is 11.6 Å². The molecule has 8 nitrogen and oxygen atoms in total. The van der Waals surface area contributed by atoms with E-state index in [1.807, 2.05) is 0 Å². The van der Waals surface area contributed by atoms with Gasteiger partial charge in [-0.25, -0.2) is 9.97 Å². The quantitative estimate of drug-likeness (QED) is 0.683. The monoisotopic (exact) mass is 330 g/mol. The van der Waals surface area contributed by atoms with Crippen molar-refractivity contribution in [2.75, 3.05) is 5.32 Å². The maximum atomic E-state index is 11.5. The molecule has 0 aromatic carbocycles. The van der Waals surface area contributed by atoms with Gasteiger partial charge in [0.25, 0.3) is 0 Å². The fourth-order valence-electron chi connectivity index (χ4n) is 3.35. The van der Waals surface area contributed by atoms with Gasteiger partial charge in [-0.3, -0.25) is 14.7 Å². The smallest absolute Gasteiger partial charge is 0.333 e. The largest absolute Gasteiger partial charge is 0.351 e. The van der Waals surface area contributed by atoms with Crippen LogP contribution in [0, 0.1) is 29.9 Å². The van der Waals surface area contributed by atoms with Gasteiger partial charge in [0.1, 0.15) is 11.5 Å². The van der Waals surface area contributed by atoms with E-state index in [0.717, 1.165) is 12.8 Å². The first-order valence-corrected chi connectivity index (χ1v) is 8.25. The lowest BCUT2D eigenvalue weighted by Gasteiger charge is -2.27. The minimum Gasteiger partial charge on any atom is -0.351 e. The van der Waals surface area contributed by atoms with E-state index in [2.05, 4.69) is 27.2 Å². The minimum atomic E-state index is -0.434. The van der Waals surface area contributed by atoms with Gasteiger partial charge in [-0.05, 0) is 32.6 Å². The second-order valence-corrected chi connectivity index (χ2v) is 6.52. The average Bonchev–Trinajstić information content (AvgIpc) is 2.92. The normalized spacial score (nSPS) is 20.8. The fourth-order valence-corrected chi connectivity index (χ4v) is 3.35. The molecule has 128 valence electrons. The van der Waals surface area contributed by atoms with Gasteiger partial charge in [0.15, 0.2) is 0 Å². The molecule has 3 rings (SSSR count). The third kappa shape index (κ3) is 3.22. The average molecular weight is 330 g/mol. The van der Waals surface area contributed by atoms with Gasteiger partial charge in [0, 0.05) is 18.4 Å². The number of aryl methyl sites for hydroxylation is 2. The van der Waals surface area contributed by atoms with Crippen molar-refractivity contribution in [1.82, 2.24) is 19.5 Å². The van der Waals surface area contributed by atoms with Gasteiger partial charge in [-0.1, -0.05) is 19.8 Å². The Balaban J connectivity index is 1.99. The summed E-state index contributed by atoms with van der Waals surface area (Å²) in [5.74, 6) is 2.02. The molecule has 0 aliphatic heterocycles. The molecule has 2 aromatic heterocycles. The van der Waals surface area contributed by atoms with Gasteiger partial charge < -0.3 is 5.32 Å². The number of nitro groups is 1. The summed E-state index contributed by atoms with van der Waals surface area (Å²) < 4.78 is 1.63. The van der Waals surface area contributed by atoms with Crippen molar-refractivity contribution in [2.24, 2.45) is 5.92 Å². The van der Waals surface area contributed by atoms with Gasteiger partial charge in [-0.15, -0.1) is 0 Å². The second-order valence-electron chi connectivity index (χ2n) is 6.52. The Morgan fingerprint density at radius 3 is 2.75 bits per heavy atom. The van der Waals surface area contributed by atoms with Crippen LogP contribution in [0.15, 0.2) is 12.4 Å². The SMILES string of the molecule is Cc1nc(NC2CCC[C@H](C)C2)nc(-n2ccnc2C)c1[N+](=O)[O-]. The van der Waals surface area contributed by atoms with Crippen molar-refractivity contribution in [1.29, 1.82) is 0 Å². The third-order valence-electron chi connectivity index (χ3n) is 4.55. The fraction of sp³-hybridized carbons (Fsp3) is 0.562. The molecule has 0 saturated heterocycles. The Morgan fingerprint density at radius 1 is 1.33 bits per heavy atom. The van der Waals surface area contributed by atoms with Crippen LogP contribution in [0.1, 0.15) is 44.1 Å². The highest BCUT2D eigenvalue weighted by molar-refractivity contribution is 5.54. The maximum Gasteiger partial charge on any atom is 0.333 e. The van der Waals surface area contributed by atoms with Gasteiger partial charge in [0.2, 0.25) is 11.8 Å². The molecule has 1 N–H and O–H groups in total. The third-order valence-corrected chi connectivity index (χ3v) is 4.55. The van der Waals surface area contributed by atoms with Crippen molar-refractivity contribution in [3.63, 3.8) is 0 Å². The zero-order valence-corrected chi connectivity index (χ0v) is 14.2. The second kappa shape index (κ2) is 6.54. The van der Waals surface area contributed by atoms with Crippen LogP contribution in [0.4, 0.5) is 11.6 Å². The highest BCUT2D eigenvalue weighted by atomic mass is 16.6. The molecule has 8 heteroatoms. The molecule has 1 fully saturated rings. The van der Waals surface area contributed by atoms with E-state index in [1.165, 1.54) is 12.8 Å². The highest BCUT2D eigenvalue weighted by Crippen LogP contribution is 2.29. The summed E-state index contributed by atoms with van der Waals surface area (Å²) in [6.07, 6.45) is 7.85. The van der Waals surface area contributed by atoms with Crippen molar-refractivity contribution in [3.05, 3.63) is 34.0 Å². The Labute approximate surface area is 140 Å². The van der Waals surface area contributed by atoms with Gasteiger partial charge >= 0.3 is 5.69 Å². The molecule has 2 aromatic rings. The zero-order valence-electron chi connectivity index (χ0n) is 14.2. The standard InChI is InChI=1S/C16H22N6O2/c1-10-5-4-6-13(9-10)19-16-18-11(2)14(22(23)24)15(20-16)21-8-7-17-12(21)3/h7-8,10,13H,4-6,9H2,1-3H3,(H,18,19,20)/t10-,13?/m0/s1. The molecule has 1 saturated carbocycles. The molecule has 24 heavy (non-hydrogen) atoms. The summed E-state index contributed by atoms with van der Waals surface area (Å²) in [4.78, 5) is 23.9. The first-order chi connectivity index (χ1) is 11.5. The first kappa shape index (κ1) is 16.4. The zero-order chi connectivity index (χ0) is 17.3. The van der Waals surface area contributed by atoms with E-state index in [1.54, 1.807) is 30.8 Å². The van der Waals surface area contributed by atoms with Crippen molar-refractivity contribution in [3.8, 4) is 5.82 Å². The Kier molecular flexibility index (Phi) is 4.46. The number of anilines is 1. The van der Waals surface area contributed by atoms with Crippen LogP contribution in [-0.4, -0.2) is 30.5 Å². The lowest BCUT2D eigenvalue weighted by molar-refractivity contribution is -0.385. The number of nitrogens with zero attached hydrogens (tertiary/aromatic N) is 5. The summed E-state index contributed by atoms with van der Waals surface area (Å²) >= 11 is 0. The number of rotatable bonds is 4. The topological polar surface area (TPSA) is 98.8 Å². The van der Waals surface area contributed by atoms with Gasteiger partial charge in [-0.2, -0.15) is 4.98 Å². The summed E-state index contributed by atoms with van der Waals surface area (Å²) in [6.45, 7) is 5.68. The molecule has 1 aliphatic rings. The van der Waals surface area contributed by atoms with E-state index >= 15 is 0 Å². The molecule has 2 atom stereocenters. The molecule has 0 spiro atoms. The summed E-state index contributed by atoms with van der Waals surface area (Å²) in [5.41, 5.74) is 0.267. The summed E-state index contributed by atoms with van der Waals surface area (Å²) in [5, 5.41) is 14.8. The predicted molar refractivity (Wildman–Crippen MR) is 90.3 cm³/mol. The number of hydrogen-bond acceptors (Lipinski definition) is 6. The molecular weight excluding hydrogens is 308 g/mol. The van der Waals surface area contributed by atoms with Crippen molar-refractivity contribution < 1.29 is 4.92 Å². The van der Waals surface area contributed by atoms with Crippen LogP contribution in [0.5, 0.6) is 0 Å². The molecular formula is C16H22N6O2. The molecule has 1 aliphatic carbocycles.